The van der Waals surface area contributed by atoms with Crippen LogP contribution in [0, 0.1) is 5.92 Å². The molecule has 0 aliphatic carbocycles. The van der Waals surface area contributed by atoms with Crippen molar-refractivity contribution in [1.82, 2.24) is 5.32 Å². The lowest BCUT2D eigenvalue weighted by Gasteiger charge is -2.23. The van der Waals surface area contributed by atoms with Crippen molar-refractivity contribution in [3.63, 3.8) is 0 Å². The Bertz CT molecular complexity index is 319. The standard InChI is InChI=1S/C12H19NO3/c1-8(2)11(12(14)15-4)13-9(3)10-6-5-7-16-10/h5-9,11,13H,1-4H3/t9?,11-/m0/s1. The van der Waals surface area contributed by atoms with E-state index in [4.69, 9.17) is 9.15 Å². The minimum absolute atomic E-state index is 0.0125. The van der Waals surface area contributed by atoms with Crippen molar-refractivity contribution < 1.29 is 13.9 Å². The van der Waals surface area contributed by atoms with Gasteiger partial charge in [-0.15, -0.1) is 0 Å². The number of hydrogen-bond donors (Lipinski definition) is 1. The molecular weight excluding hydrogens is 206 g/mol. The maximum absolute atomic E-state index is 11.5. The van der Waals surface area contributed by atoms with Crippen LogP contribution in [0.5, 0.6) is 0 Å². The second-order valence-corrected chi connectivity index (χ2v) is 4.15. The molecule has 0 amide bonds. The Morgan fingerprint density at radius 2 is 2.12 bits per heavy atom. The maximum Gasteiger partial charge on any atom is 0.323 e. The average Bonchev–Trinajstić information content (AvgIpc) is 2.77. The van der Waals surface area contributed by atoms with Crippen molar-refractivity contribution in [3.05, 3.63) is 24.2 Å². The summed E-state index contributed by atoms with van der Waals surface area (Å²) >= 11 is 0. The van der Waals surface area contributed by atoms with Gasteiger partial charge in [0.15, 0.2) is 0 Å². The van der Waals surface area contributed by atoms with Gasteiger partial charge in [0.2, 0.25) is 0 Å². The van der Waals surface area contributed by atoms with Gasteiger partial charge in [-0.2, -0.15) is 0 Å². The van der Waals surface area contributed by atoms with Crippen molar-refractivity contribution in [2.75, 3.05) is 7.11 Å². The van der Waals surface area contributed by atoms with E-state index in [1.54, 1.807) is 6.26 Å². The molecule has 1 rings (SSSR count). The summed E-state index contributed by atoms with van der Waals surface area (Å²) in [6.45, 7) is 5.91. The monoisotopic (exact) mass is 225 g/mol. The van der Waals surface area contributed by atoms with E-state index in [9.17, 15) is 4.79 Å². The summed E-state index contributed by atoms with van der Waals surface area (Å²) in [6.07, 6.45) is 1.62. The number of rotatable bonds is 5. The van der Waals surface area contributed by atoms with E-state index in [0.717, 1.165) is 5.76 Å². The quantitative estimate of drug-likeness (QED) is 0.780. The van der Waals surface area contributed by atoms with Crippen LogP contribution in [0.4, 0.5) is 0 Å². The molecule has 1 aromatic heterocycles. The van der Waals surface area contributed by atoms with E-state index in [-0.39, 0.29) is 24.0 Å². The van der Waals surface area contributed by atoms with Crippen molar-refractivity contribution in [2.45, 2.75) is 32.9 Å². The first kappa shape index (κ1) is 12.8. The molecule has 0 aliphatic heterocycles. The molecule has 16 heavy (non-hydrogen) atoms. The van der Waals surface area contributed by atoms with Crippen LogP contribution in [0.3, 0.4) is 0 Å². The molecule has 1 unspecified atom stereocenters. The fourth-order valence-electron chi connectivity index (χ4n) is 1.55. The third-order valence-electron chi connectivity index (χ3n) is 2.52. The van der Waals surface area contributed by atoms with Crippen LogP contribution >= 0.6 is 0 Å². The second-order valence-electron chi connectivity index (χ2n) is 4.15. The van der Waals surface area contributed by atoms with Crippen molar-refractivity contribution in [2.24, 2.45) is 5.92 Å². The molecule has 2 atom stereocenters. The molecule has 90 valence electrons. The van der Waals surface area contributed by atoms with Crippen LogP contribution in [0.2, 0.25) is 0 Å². The van der Waals surface area contributed by atoms with E-state index in [0.29, 0.717) is 0 Å². The predicted molar refractivity (Wildman–Crippen MR) is 60.9 cm³/mol. The Morgan fingerprint density at radius 1 is 1.44 bits per heavy atom. The first-order valence-electron chi connectivity index (χ1n) is 5.43. The summed E-state index contributed by atoms with van der Waals surface area (Å²) < 4.78 is 10.0. The Morgan fingerprint density at radius 3 is 2.56 bits per heavy atom. The number of methoxy groups -OCH3 is 1. The van der Waals surface area contributed by atoms with Gasteiger partial charge in [0.05, 0.1) is 19.4 Å². The molecule has 0 radical (unpaired) electrons. The number of hydrogen-bond acceptors (Lipinski definition) is 4. The van der Waals surface area contributed by atoms with Crippen molar-refractivity contribution in [1.29, 1.82) is 0 Å². The Hall–Kier alpha value is -1.29. The summed E-state index contributed by atoms with van der Waals surface area (Å²) in [4.78, 5) is 11.5. The SMILES string of the molecule is COC(=O)[C@@H](NC(C)c1ccco1)C(C)C. The predicted octanol–water partition coefficient (Wildman–Crippen LogP) is 2.13. The second kappa shape index (κ2) is 5.70. The van der Waals surface area contributed by atoms with Gasteiger partial charge < -0.3 is 9.15 Å². The number of esters is 1. The molecule has 0 aromatic carbocycles. The summed E-state index contributed by atoms with van der Waals surface area (Å²) in [6, 6.07) is 3.38. The molecule has 0 aliphatic rings. The van der Waals surface area contributed by atoms with E-state index in [1.807, 2.05) is 32.9 Å². The highest BCUT2D eigenvalue weighted by Crippen LogP contribution is 2.15. The van der Waals surface area contributed by atoms with Gasteiger partial charge in [-0.05, 0) is 25.0 Å². The first-order valence-corrected chi connectivity index (χ1v) is 5.43. The zero-order valence-electron chi connectivity index (χ0n) is 10.2. The minimum Gasteiger partial charge on any atom is -0.468 e. The number of carbonyl (C=O) groups is 1. The summed E-state index contributed by atoms with van der Waals surface area (Å²) in [5.41, 5.74) is 0. The Labute approximate surface area is 96.0 Å². The van der Waals surface area contributed by atoms with Crippen molar-refractivity contribution in [3.8, 4) is 0 Å². The molecule has 0 spiro atoms. The molecule has 4 nitrogen and oxygen atoms in total. The van der Waals surface area contributed by atoms with Gasteiger partial charge in [-0.1, -0.05) is 13.8 Å². The van der Waals surface area contributed by atoms with E-state index < -0.39 is 0 Å². The number of nitrogens with one attached hydrogen (secondary N) is 1. The van der Waals surface area contributed by atoms with Gasteiger partial charge in [0.25, 0.3) is 0 Å². The van der Waals surface area contributed by atoms with Crippen LogP contribution in [0.25, 0.3) is 0 Å². The van der Waals surface area contributed by atoms with Crippen LogP contribution in [-0.2, 0) is 9.53 Å². The van der Waals surface area contributed by atoms with Crippen molar-refractivity contribution >= 4 is 5.97 Å². The largest absolute Gasteiger partial charge is 0.468 e. The molecule has 1 heterocycles. The smallest absolute Gasteiger partial charge is 0.323 e. The molecule has 0 bridgehead atoms. The molecule has 0 saturated heterocycles. The Balaban J connectivity index is 2.65. The fourth-order valence-corrected chi connectivity index (χ4v) is 1.55. The zero-order chi connectivity index (χ0) is 12.1. The van der Waals surface area contributed by atoms with E-state index in [1.165, 1.54) is 7.11 Å². The topological polar surface area (TPSA) is 51.5 Å². The molecule has 0 fully saturated rings. The molecule has 1 aromatic rings. The lowest BCUT2D eigenvalue weighted by atomic mass is 10.0. The van der Waals surface area contributed by atoms with Gasteiger partial charge >= 0.3 is 5.97 Å². The molecule has 0 saturated carbocycles. The maximum atomic E-state index is 11.5. The minimum atomic E-state index is -0.315. The highest BCUT2D eigenvalue weighted by molar-refractivity contribution is 5.75. The molecular formula is C12H19NO3. The summed E-state index contributed by atoms with van der Waals surface area (Å²) in [5.74, 6) is 0.743. The number of carbonyl (C=O) groups excluding carboxylic acids is 1. The summed E-state index contributed by atoms with van der Waals surface area (Å²) in [7, 11) is 1.40. The number of furan rings is 1. The lowest BCUT2D eigenvalue weighted by molar-refractivity contribution is -0.144. The third kappa shape index (κ3) is 3.10. The fraction of sp³-hybridized carbons (Fsp3) is 0.583. The van der Waals surface area contributed by atoms with E-state index in [2.05, 4.69) is 5.32 Å². The Kier molecular flexibility index (Phi) is 4.55. The van der Waals surface area contributed by atoms with Crippen LogP contribution in [0.1, 0.15) is 32.6 Å². The zero-order valence-corrected chi connectivity index (χ0v) is 10.2. The van der Waals surface area contributed by atoms with Crippen LogP contribution in [0.15, 0.2) is 22.8 Å². The molecule has 4 heteroatoms. The highest BCUT2D eigenvalue weighted by Gasteiger charge is 2.25. The lowest BCUT2D eigenvalue weighted by Crippen LogP contribution is -2.42. The molecule has 1 N–H and O–H groups in total. The van der Waals surface area contributed by atoms with Crippen LogP contribution in [-0.4, -0.2) is 19.1 Å². The van der Waals surface area contributed by atoms with Gasteiger partial charge in [-0.25, -0.2) is 0 Å². The third-order valence-corrected chi connectivity index (χ3v) is 2.52. The number of ether oxygens (including phenoxy) is 1. The normalized spacial score (nSPS) is 14.8. The van der Waals surface area contributed by atoms with Crippen LogP contribution < -0.4 is 5.32 Å². The van der Waals surface area contributed by atoms with Gasteiger partial charge in [0, 0.05) is 0 Å². The van der Waals surface area contributed by atoms with Gasteiger partial charge in [0.1, 0.15) is 11.8 Å². The van der Waals surface area contributed by atoms with Gasteiger partial charge in [-0.3, -0.25) is 10.1 Å². The van der Waals surface area contributed by atoms with E-state index >= 15 is 0 Å². The average molecular weight is 225 g/mol. The highest BCUT2D eigenvalue weighted by atomic mass is 16.5. The summed E-state index contributed by atoms with van der Waals surface area (Å²) in [5, 5.41) is 3.20. The first-order chi connectivity index (χ1) is 7.56.